The fraction of sp³-hybridized carbons (Fsp3) is 0.500. The summed E-state index contributed by atoms with van der Waals surface area (Å²) in [6.07, 6.45) is 3.59. The van der Waals surface area contributed by atoms with Gasteiger partial charge in [-0.15, -0.1) is 0 Å². The van der Waals surface area contributed by atoms with E-state index in [1.54, 1.807) is 11.9 Å². The Labute approximate surface area is 124 Å². The molecule has 2 heterocycles. The lowest BCUT2D eigenvalue weighted by molar-refractivity contribution is -0.124. The van der Waals surface area contributed by atoms with Gasteiger partial charge in [0.1, 0.15) is 6.04 Å². The summed E-state index contributed by atoms with van der Waals surface area (Å²) in [5.74, 6) is -0.0783. The zero-order valence-corrected chi connectivity index (χ0v) is 12.3. The van der Waals surface area contributed by atoms with Gasteiger partial charge >= 0.3 is 0 Å². The molecule has 2 aliphatic heterocycles. The summed E-state index contributed by atoms with van der Waals surface area (Å²) in [5.41, 5.74) is 2.90. The van der Waals surface area contributed by atoms with Crippen LogP contribution in [0.25, 0.3) is 0 Å². The molecule has 21 heavy (non-hydrogen) atoms. The van der Waals surface area contributed by atoms with Crippen LogP contribution in [0, 0.1) is 0 Å². The molecule has 1 saturated heterocycles. The lowest BCUT2D eigenvalue weighted by Gasteiger charge is -2.26. The summed E-state index contributed by atoms with van der Waals surface area (Å²) in [4.78, 5) is 26.5. The number of anilines is 1. The van der Waals surface area contributed by atoms with Crippen LogP contribution in [0.5, 0.6) is 0 Å². The first-order valence-electron chi connectivity index (χ1n) is 7.60. The molecule has 1 fully saturated rings. The lowest BCUT2D eigenvalue weighted by Crippen LogP contribution is -2.45. The van der Waals surface area contributed by atoms with Crippen molar-refractivity contribution >= 4 is 17.5 Å². The van der Waals surface area contributed by atoms with Gasteiger partial charge in [-0.1, -0.05) is 6.07 Å². The fourth-order valence-electron chi connectivity index (χ4n) is 3.31. The van der Waals surface area contributed by atoms with Crippen LogP contribution in [0.2, 0.25) is 0 Å². The number of nitrogens with one attached hydrogen (secondary N) is 2. The van der Waals surface area contributed by atoms with E-state index in [4.69, 9.17) is 0 Å². The molecule has 0 aliphatic carbocycles. The van der Waals surface area contributed by atoms with Gasteiger partial charge in [-0.25, -0.2) is 0 Å². The minimum atomic E-state index is -0.324. The number of fused-ring (bicyclic) bond motifs is 1. The summed E-state index contributed by atoms with van der Waals surface area (Å²) in [6.45, 7) is 1.61. The second-order valence-electron chi connectivity index (χ2n) is 5.63. The smallest absolute Gasteiger partial charge is 0.254 e. The predicted molar refractivity (Wildman–Crippen MR) is 81.4 cm³/mol. The number of amides is 2. The fourth-order valence-corrected chi connectivity index (χ4v) is 3.31. The van der Waals surface area contributed by atoms with Crippen molar-refractivity contribution in [1.82, 2.24) is 10.2 Å². The van der Waals surface area contributed by atoms with Gasteiger partial charge in [0.05, 0.1) is 0 Å². The van der Waals surface area contributed by atoms with E-state index in [2.05, 4.69) is 10.6 Å². The Hall–Kier alpha value is -2.04. The highest BCUT2D eigenvalue weighted by atomic mass is 16.2. The molecule has 0 radical (unpaired) electrons. The number of benzene rings is 1. The van der Waals surface area contributed by atoms with Crippen molar-refractivity contribution in [3.05, 3.63) is 29.3 Å². The van der Waals surface area contributed by atoms with Crippen molar-refractivity contribution in [2.24, 2.45) is 0 Å². The standard InChI is InChI=1S/C16H21N3O2/c1-17-15(20)14-8-4-10-19(14)16(21)12-5-2-7-13-11(12)6-3-9-18-13/h2,5,7,14,18H,3-4,6,8-10H2,1H3,(H,17,20). The second kappa shape index (κ2) is 5.76. The molecule has 0 bridgehead atoms. The summed E-state index contributed by atoms with van der Waals surface area (Å²) < 4.78 is 0. The number of likely N-dealkylation sites (N-methyl/N-ethyl adjacent to an activating group) is 1. The van der Waals surface area contributed by atoms with E-state index >= 15 is 0 Å². The van der Waals surface area contributed by atoms with Crippen LogP contribution >= 0.6 is 0 Å². The molecule has 0 spiro atoms. The third-order valence-electron chi connectivity index (χ3n) is 4.39. The molecule has 1 aromatic carbocycles. The SMILES string of the molecule is CNC(=O)C1CCCN1C(=O)c1cccc2c1CCCN2. The number of nitrogens with zero attached hydrogens (tertiary/aromatic N) is 1. The Morgan fingerprint density at radius 2 is 2.19 bits per heavy atom. The van der Waals surface area contributed by atoms with E-state index in [1.807, 2.05) is 18.2 Å². The second-order valence-corrected chi connectivity index (χ2v) is 5.63. The maximum absolute atomic E-state index is 12.9. The van der Waals surface area contributed by atoms with Gasteiger partial charge in [-0.3, -0.25) is 9.59 Å². The molecule has 3 rings (SSSR count). The highest BCUT2D eigenvalue weighted by molar-refractivity contribution is 6.00. The van der Waals surface area contributed by atoms with E-state index in [1.165, 1.54) is 0 Å². The summed E-state index contributed by atoms with van der Waals surface area (Å²) in [6, 6.07) is 5.49. The summed E-state index contributed by atoms with van der Waals surface area (Å²) in [5, 5.41) is 6.00. The number of carbonyl (C=O) groups excluding carboxylic acids is 2. The van der Waals surface area contributed by atoms with Gasteiger partial charge in [0, 0.05) is 31.4 Å². The highest BCUT2D eigenvalue weighted by Crippen LogP contribution is 2.28. The van der Waals surface area contributed by atoms with E-state index in [0.29, 0.717) is 6.54 Å². The minimum absolute atomic E-state index is 0.0124. The zero-order chi connectivity index (χ0) is 14.8. The quantitative estimate of drug-likeness (QED) is 0.864. The molecule has 1 unspecified atom stereocenters. The van der Waals surface area contributed by atoms with Gasteiger partial charge in [0.25, 0.3) is 5.91 Å². The number of carbonyl (C=O) groups is 2. The minimum Gasteiger partial charge on any atom is -0.385 e. The van der Waals surface area contributed by atoms with Crippen molar-refractivity contribution in [2.75, 3.05) is 25.5 Å². The monoisotopic (exact) mass is 287 g/mol. The van der Waals surface area contributed by atoms with E-state index in [-0.39, 0.29) is 17.9 Å². The summed E-state index contributed by atoms with van der Waals surface area (Å²) in [7, 11) is 1.62. The molecule has 0 aromatic heterocycles. The van der Waals surface area contributed by atoms with Crippen LogP contribution in [-0.4, -0.2) is 42.9 Å². The van der Waals surface area contributed by atoms with Gasteiger partial charge in [-0.2, -0.15) is 0 Å². The van der Waals surface area contributed by atoms with E-state index in [9.17, 15) is 9.59 Å². The highest BCUT2D eigenvalue weighted by Gasteiger charge is 2.35. The third kappa shape index (κ3) is 2.48. The largest absolute Gasteiger partial charge is 0.385 e. The Morgan fingerprint density at radius 3 is 3.00 bits per heavy atom. The molecule has 2 N–H and O–H groups in total. The number of likely N-dealkylation sites (tertiary alicyclic amines) is 1. The molecule has 0 saturated carbocycles. The molecule has 5 nitrogen and oxygen atoms in total. The first-order valence-corrected chi connectivity index (χ1v) is 7.60. The first-order chi connectivity index (χ1) is 10.2. The molecule has 112 valence electrons. The molecule has 5 heteroatoms. The van der Waals surface area contributed by atoms with Crippen molar-refractivity contribution in [3.8, 4) is 0 Å². The van der Waals surface area contributed by atoms with Crippen LogP contribution in [0.15, 0.2) is 18.2 Å². The van der Waals surface area contributed by atoms with Crippen LogP contribution in [0.3, 0.4) is 0 Å². The Kier molecular flexibility index (Phi) is 3.82. The molecule has 2 aliphatic rings. The van der Waals surface area contributed by atoms with Crippen molar-refractivity contribution < 1.29 is 9.59 Å². The van der Waals surface area contributed by atoms with Crippen molar-refractivity contribution in [3.63, 3.8) is 0 Å². The Morgan fingerprint density at radius 1 is 1.33 bits per heavy atom. The van der Waals surface area contributed by atoms with Crippen LogP contribution < -0.4 is 10.6 Å². The molecule has 2 amide bonds. The topological polar surface area (TPSA) is 61.4 Å². The first kappa shape index (κ1) is 13.9. The number of hydrogen-bond acceptors (Lipinski definition) is 3. The molecular formula is C16H21N3O2. The molecule has 1 atom stereocenters. The maximum atomic E-state index is 12.9. The maximum Gasteiger partial charge on any atom is 0.254 e. The number of rotatable bonds is 2. The zero-order valence-electron chi connectivity index (χ0n) is 12.3. The van der Waals surface area contributed by atoms with Crippen LogP contribution in [-0.2, 0) is 11.2 Å². The van der Waals surface area contributed by atoms with Crippen LogP contribution in [0.1, 0.15) is 35.2 Å². The average molecular weight is 287 g/mol. The third-order valence-corrected chi connectivity index (χ3v) is 4.39. The normalized spacial score (nSPS) is 20.6. The van der Waals surface area contributed by atoms with Crippen LogP contribution in [0.4, 0.5) is 5.69 Å². The Balaban J connectivity index is 1.90. The van der Waals surface area contributed by atoms with E-state index in [0.717, 1.165) is 49.0 Å². The summed E-state index contributed by atoms with van der Waals surface area (Å²) >= 11 is 0. The van der Waals surface area contributed by atoms with Gasteiger partial charge in [0.15, 0.2) is 0 Å². The molecule has 1 aromatic rings. The number of hydrogen-bond donors (Lipinski definition) is 2. The predicted octanol–water partition coefficient (Wildman–Crippen LogP) is 1.40. The van der Waals surface area contributed by atoms with E-state index < -0.39 is 0 Å². The Bertz CT molecular complexity index is 571. The molecular weight excluding hydrogens is 266 g/mol. The van der Waals surface area contributed by atoms with Gasteiger partial charge < -0.3 is 15.5 Å². The van der Waals surface area contributed by atoms with Gasteiger partial charge in [-0.05, 0) is 43.4 Å². The average Bonchev–Trinajstić information content (AvgIpc) is 3.02. The lowest BCUT2D eigenvalue weighted by atomic mass is 9.96. The van der Waals surface area contributed by atoms with Crippen molar-refractivity contribution in [1.29, 1.82) is 0 Å². The van der Waals surface area contributed by atoms with Crippen molar-refractivity contribution in [2.45, 2.75) is 31.7 Å². The van der Waals surface area contributed by atoms with Gasteiger partial charge in [0.2, 0.25) is 5.91 Å².